The fourth-order valence-corrected chi connectivity index (χ4v) is 3.95. The van der Waals surface area contributed by atoms with E-state index in [0.29, 0.717) is 17.2 Å². The molecule has 0 spiro atoms. The number of allylic oxidation sites excluding steroid dienone is 1. The molecule has 0 aromatic heterocycles. The molecule has 1 aliphatic carbocycles. The molecule has 3 aromatic carbocycles. The Bertz CT molecular complexity index is 1070. The Kier molecular flexibility index (Phi) is 4.78. The highest BCUT2D eigenvalue weighted by atomic mass is 16.5. The first-order valence-corrected chi connectivity index (χ1v) is 9.22. The van der Waals surface area contributed by atoms with E-state index in [4.69, 9.17) is 14.2 Å². The quantitative estimate of drug-likeness (QED) is 0.457. The summed E-state index contributed by atoms with van der Waals surface area (Å²) >= 11 is 0. The molecule has 142 valence electrons. The van der Waals surface area contributed by atoms with Gasteiger partial charge in [0.25, 0.3) is 0 Å². The van der Waals surface area contributed by atoms with Gasteiger partial charge in [-0.2, -0.15) is 0 Å². The molecule has 3 aromatic rings. The topological polar surface area (TPSA) is 44.8 Å². The van der Waals surface area contributed by atoms with Gasteiger partial charge in [0.1, 0.15) is 0 Å². The van der Waals surface area contributed by atoms with Gasteiger partial charge in [-0.05, 0) is 58.5 Å². The zero-order valence-electron chi connectivity index (χ0n) is 16.2. The summed E-state index contributed by atoms with van der Waals surface area (Å²) in [4.78, 5) is 12.9. The Morgan fingerprint density at radius 1 is 0.929 bits per heavy atom. The van der Waals surface area contributed by atoms with Crippen molar-refractivity contribution in [1.82, 2.24) is 0 Å². The number of benzene rings is 3. The monoisotopic (exact) mass is 374 g/mol. The minimum atomic E-state index is 0.00218. The maximum atomic E-state index is 12.9. The van der Waals surface area contributed by atoms with Gasteiger partial charge in [-0.1, -0.05) is 36.4 Å². The molecule has 0 saturated carbocycles. The fourth-order valence-electron chi connectivity index (χ4n) is 3.95. The lowest BCUT2D eigenvalue weighted by Crippen LogP contribution is -2.00. The van der Waals surface area contributed by atoms with Crippen LogP contribution in [-0.4, -0.2) is 27.1 Å². The summed E-state index contributed by atoms with van der Waals surface area (Å²) in [6.07, 6.45) is 5.30. The zero-order chi connectivity index (χ0) is 19.7. The molecule has 0 unspecified atom stereocenters. The van der Waals surface area contributed by atoms with Crippen LogP contribution in [0.4, 0.5) is 0 Å². The highest BCUT2D eigenvalue weighted by Crippen LogP contribution is 2.38. The standard InChI is InChI=1S/C24H22O4/c1-26-21-13-15(14-22(27-2)24(21)28-3)7-12-20(25)18-10-8-16-5-4-6-17-9-11-19(18)23(16)17/h4-8,10,12-14H,9,11H2,1-3H3/b12-7+. The SMILES string of the molecule is COc1cc(/C=C/C(=O)c2ccc3cccc4c3c2CC4)cc(OC)c1OC. The van der Waals surface area contributed by atoms with E-state index in [-0.39, 0.29) is 5.78 Å². The molecule has 0 amide bonds. The van der Waals surface area contributed by atoms with Crippen LogP contribution in [-0.2, 0) is 12.8 Å². The van der Waals surface area contributed by atoms with Crippen LogP contribution < -0.4 is 14.2 Å². The van der Waals surface area contributed by atoms with E-state index in [1.807, 2.05) is 24.3 Å². The summed E-state index contributed by atoms with van der Waals surface area (Å²) in [6, 6.07) is 14.0. The van der Waals surface area contributed by atoms with Crippen molar-refractivity contribution >= 4 is 22.6 Å². The molecule has 0 bridgehead atoms. The highest BCUT2D eigenvalue weighted by molar-refractivity contribution is 6.11. The smallest absolute Gasteiger partial charge is 0.203 e. The number of hydrogen-bond acceptors (Lipinski definition) is 4. The average molecular weight is 374 g/mol. The molecule has 0 fully saturated rings. The van der Waals surface area contributed by atoms with E-state index in [1.165, 1.54) is 16.3 Å². The predicted molar refractivity (Wildman–Crippen MR) is 111 cm³/mol. The van der Waals surface area contributed by atoms with Gasteiger partial charge in [-0.3, -0.25) is 4.79 Å². The molecule has 0 saturated heterocycles. The number of carbonyl (C=O) groups is 1. The molecule has 4 rings (SSSR count). The van der Waals surface area contributed by atoms with Crippen LogP contribution in [0.15, 0.2) is 48.5 Å². The van der Waals surface area contributed by atoms with Gasteiger partial charge in [0, 0.05) is 5.56 Å². The van der Waals surface area contributed by atoms with Crippen LogP contribution in [0.25, 0.3) is 16.8 Å². The van der Waals surface area contributed by atoms with Crippen LogP contribution in [0.3, 0.4) is 0 Å². The lowest BCUT2D eigenvalue weighted by atomic mass is 9.97. The van der Waals surface area contributed by atoms with Gasteiger partial charge in [-0.25, -0.2) is 0 Å². The first-order valence-electron chi connectivity index (χ1n) is 9.22. The lowest BCUT2D eigenvalue weighted by molar-refractivity contribution is 0.104. The van der Waals surface area contributed by atoms with E-state index in [2.05, 4.69) is 18.2 Å². The molecule has 0 N–H and O–H groups in total. The van der Waals surface area contributed by atoms with Gasteiger partial charge in [-0.15, -0.1) is 0 Å². The van der Waals surface area contributed by atoms with Crippen molar-refractivity contribution in [3.8, 4) is 17.2 Å². The maximum Gasteiger partial charge on any atom is 0.203 e. The van der Waals surface area contributed by atoms with Crippen molar-refractivity contribution in [3.05, 3.63) is 70.8 Å². The molecule has 0 atom stereocenters. The number of rotatable bonds is 6. The third-order valence-electron chi connectivity index (χ3n) is 5.26. The second-order valence-electron chi connectivity index (χ2n) is 6.76. The molecule has 4 heteroatoms. The largest absolute Gasteiger partial charge is 0.493 e. The second-order valence-corrected chi connectivity index (χ2v) is 6.76. The van der Waals surface area contributed by atoms with E-state index in [9.17, 15) is 4.79 Å². The van der Waals surface area contributed by atoms with Crippen LogP contribution in [0.5, 0.6) is 17.2 Å². The summed E-state index contributed by atoms with van der Waals surface area (Å²) in [5, 5.41) is 2.45. The van der Waals surface area contributed by atoms with Gasteiger partial charge >= 0.3 is 0 Å². The van der Waals surface area contributed by atoms with E-state index in [1.54, 1.807) is 33.5 Å². The van der Waals surface area contributed by atoms with Crippen LogP contribution in [0.2, 0.25) is 0 Å². The number of ketones is 1. The highest BCUT2D eigenvalue weighted by Gasteiger charge is 2.20. The molecule has 0 aliphatic heterocycles. The number of methoxy groups -OCH3 is 3. The number of carbonyl (C=O) groups excluding carboxylic acids is 1. The Balaban J connectivity index is 1.69. The molecule has 28 heavy (non-hydrogen) atoms. The number of hydrogen-bond donors (Lipinski definition) is 0. The van der Waals surface area contributed by atoms with Crippen molar-refractivity contribution in [3.63, 3.8) is 0 Å². The fraction of sp³-hybridized carbons (Fsp3) is 0.208. The number of ether oxygens (including phenoxy) is 3. The Labute approximate surface area is 164 Å². The first-order chi connectivity index (χ1) is 13.7. The van der Waals surface area contributed by atoms with E-state index >= 15 is 0 Å². The van der Waals surface area contributed by atoms with Crippen LogP contribution >= 0.6 is 0 Å². The van der Waals surface area contributed by atoms with Gasteiger partial charge < -0.3 is 14.2 Å². The molecular weight excluding hydrogens is 352 g/mol. The summed E-state index contributed by atoms with van der Waals surface area (Å²) in [5.41, 5.74) is 4.07. The van der Waals surface area contributed by atoms with Crippen molar-refractivity contribution in [1.29, 1.82) is 0 Å². The predicted octanol–water partition coefficient (Wildman–Crippen LogP) is 4.86. The second kappa shape index (κ2) is 7.39. The summed E-state index contributed by atoms with van der Waals surface area (Å²) in [6.45, 7) is 0. The molecular formula is C24H22O4. The average Bonchev–Trinajstić information content (AvgIpc) is 3.17. The summed E-state index contributed by atoms with van der Waals surface area (Å²) in [7, 11) is 4.71. The van der Waals surface area contributed by atoms with Gasteiger partial charge in [0.05, 0.1) is 21.3 Å². The minimum absolute atomic E-state index is 0.00218. The van der Waals surface area contributed by atoms with Crippen molar-refractivity contribution in [2.24, 2.45) is 0 Å². The Morgan fingerprint density at radius 2 is 1.68 bits per heavy atom. The normalized spacial score (nSPS) is 12.5. The molecule has 0 heterocycles. The van der Waals surface area contributed by atoms with Gasteiger partial charge in [0.15, 0.2) is 17.3 Å². The molecule has 4 nitrogen and oxygen atoms in total. The maximum absolute atomic E-state index is 12.9. The van der Waals surface area contributed by atoms with Crippen molar-refractivity contribution < 1.29 is 19.0 Å². The van der Waals surface area contributed by atoms with Crippen LogP contribution in [0, 0.1) is 0 Å². The first kappa shape index (κ1) is 18.1. The van der Waals surface area contributed by atoms with Crippen LogP contribution in [0.1, 0.15) is 27.0 Å². The zero-order valence-corrected chi connectivity index (χ0v) is 16.2. The van der Waals surface area contributed by atoms with E-state index in [0.717, 1.165) is 29.5 Å². The van der Waals surface area contributed by atoms with Crippen molar-refractivity contribution in [2.45, 2.75) is 12.8 Å². The Hall–Kier alpha value is -3.27. The van der Waals surface area contributed by atoms with E-state index < -0.39 is 0 Å². The molecule has 0 radical (unpaired) electrons. The third kappa shape index (κ3) is 3.01. The molecule has 1 aliphatic rings. The Morgan fingerprint density at radius 3 is 2.36 bits per heavy atom. The van der Waals surface area contributed by atoms with Crippen molar-refractivity contribution in [2.75, 3.05) is 21.3 Å². The third-order valence-corrected chi connectivity index (χ3v) is 5.26. The summed E-state index contributed by atoms with van der Waals surface area (Å²) < 4.78 is 16.1. The summed E-state index contributed by atoms with van der Waals surface area (Å²) in [5.74, 6) is 1.65. The number of aryl methyl sites for hydroxylation is 2. The van der Waals surface area contributed by atoms with Gasteiger partial charge in [0.2, 0.25) is 5.75 Å². The lowest BCUT2D eigenvalue weighted by Gasteiger charge is -2.12. The minimum Gasteiger partial charge on any atom is -0.493 e.